The van der Waals surface area contributed by atoms with E-state index in [-0.39, 0.29) is 30.8 Å². The highest BCUT2D eigenvalue weighted by Crippen LogP contribution is 2.18. The Labute approximate surface area is 209 Å². The topological polar surface area (TPSA) is 112 Å². The lowest BCUT2D eigenvalue weighted by Gasteiger charge is -2.10. The van der Waals surface area contributed by atoms with Crippen molar-refractivity contribution in [1.29, 1.82) is 0 Å². The molecule has 0 saturated carbocycles. The predicted octanol–water partition coefficient (Wildman–Crippen LogP) is 4.57. The quantitative estimate of drug-likeness (QED) is 0.298. The molecule has 0 spiro atoms. The summed E-state index contributed by atoms with van der Waals surface area (Å²) in [7, 11) is 0. The minimum Gasteiger partial charge on any atom is -0.494 e. The molecule has 0 aromatic heterocycles. The van der Waals surface area contributed by atoms with Crippen molar-refractivity contribution in [2.45, 2.75) is 20.4 Å². The summed E-state index contributed by atoms with van der Waals surface area (Å²) in [6.45, 7) is 4.60. The van der Waals surface area contributed by atoms with E-state index in [9.17, 15) is 14.4 Å². The van der Waals surface area contributed by atoms with Gasteiger partial charge in [-0.3, -0.25) is 9.59 Å². The molecule has 0 atom stereocenters. The van der Waals surface area contributed by atoms with Gasteiger partial charge in [-0.15, -0.1) is 0 Å². The van der Waals surface area contributed by atoms with Crippen molar-refractivity contribution in [2.75, 3.05) is 25.1 Å². The van der Waals surface area contributed by atoms with Crippen LogP contribution in [0.2, 0.25) is 0 Å². The first kappa shape index (κ1) is 26.1. The summed E-state index contributed by atoms with van der Waals surface area (Å²) in [5, 5.41) is 5.59. The Balaban J connectivity index is 1.42. The maximum absolute atomic E-state index is 12.5. The van der Waals surface area contributed by atoms with Gasteiger partial charge >= 0.3 is 6.16 Å². The number of hydrogen-bond donors (Lipinski definition) is 2. The third-order valence-corrected chi connectivity index (χ3v) is 4.79. The molecular weight excluding hydrogens is 464 g/mol. The zero-order valence-electron chi connectivity index (χ0n) is 20.1. The van der Waals surface area contributed by atoms with Crippen molar-refractivity contribution in [1.82, 2.24) is 5.32 Å². The Hall–Kier alpha value is -4.53. The van der Waals surface area contributed by atoms with Gasteiger partial charge in [0, 0.05) is 17.8 Å². The zero-order valence-corrected chi connectivity index (χ0v) is 20.1. The molecule has 0 saturated heterocycles. The van der Waals surface area contributed by atoms with Crippen molar-refractivity contribution < 1.29 is 33.3 Å². The van der Waals surface area contributed by atoms with E-state index < -0.39 is 6.16 Å². The summed E-state index contributed by atoms with van der Waals surface area (Å²) in [5.74, 6) is 1.03. The average molecular weight is 493 g/mol. The van der Waals surface area contributed by atoms with E-state index in [0.29, 0.717) is 30.2 Å². The number of carbonyl (C=O) groups excluding carboxylic acids is 3. The fraction of sp³-hybridized carbons (Fsp3) is 0.222. The van der Waals surface area contributed by atoms with E-state index in [1.807, 2.05) is 6.92 Å². The predicted molar refractivity (Wildman–Crippen MR) is 133 cm³/mol. The van der Waals surface area contributed by atoms with Gasteiger partial charge in [0.05, 0.1) is 13.2 Å². The third-order valence-electron chi connectivity index (χ3n) is 4.79. The average Bonchev–Trinajstić information content (AvgIpc) is 2.88. The molecule has 3 rings (SSSR count). The van der Waals surface area contributed by atoms with Crippen LogP contribution in [0.3, 0.4) is 0 Å². The van der Waals surface area contributed by atoms with E-state index in [1.165, 1.54) is 12.1 Å². The lowest BCUT2D eigenvalue weighted by Crippen LogP contribution is -2.28. The van der Waals surface area contributed by atoms with Crippen molar-refractivity contribution in [3.8, 4) is 17.2 Å². The van der Waals surface area contributed by atoms with Gasteiger partial charge in [0.15, 0.2) is 6.61 Å². The maximum atomic E-state index is 12.5. The fourth-order valence-electron chi connectivity index (χ4n) is 3.03. The summed E-state index contributed by atoms with van der Waals surface area (Å²) in [4.78, 5) is 35.9. The minimum absolute atomic E-state index is 0.105. The second-order valence-electron chi connectivity index (χ2n) is 7.43. The van der Waals surface area contributed by atoms with Gasteiger partial charge in [-0.1, -0.05) is 12.1 Å². The van der Waals surface area contributed by atoms with Crippen LogP contribution in [0.1, 0.15) is 29.8 Å². The van der Waals surface area contributed by atoms with Gasteiger partial charge in [0.2, 0.25) is 0 Å². The molecule has 0 radical (unpaired) electrons. The Morgan fingerprint density at radius 3 is 1.94 bits per heavy atom. The summed E-state index contributed by atoms with van der Waals surface area (Å²) >= 11 is 0. The standard InChI is InChI=1S/C27H28N2O7/c1-3-33-22-13-15-23(16-14-22)35-18-25(30)28-17-19-5-9-21(10-6-19)29-26(31)20-7-11-24(12-8-20)36-27(32)34-4-2/h5-16H,3-4,17-18H2,1-2H3,(H,28,30)(H,29,31). The van der Waals surface area contributed by atoms with Crippen LogP contribution in [0.4, 0.5) is 10.5 Å². The number of anilines is 1. The summed E-state index contributed by atoms with van der Waals surface area (Å²) in [6, 6.07) is 20.3. The smallest absolute Gasteiger partial charge is 0.494 e. The summed E-state index contributed by atoms with van der Waals surface area (Å²) < 4.78 is 20.5. The molecule has 3 aromatic rings. The van der Waals surface area contributed by atoms with Crippen molar-refractivity contribution in [2.24, 2.45) is 0 Å². The molecule has 0 aliphatic rings. The van der Waals surface area contributed by atoms with Crippen molar-refractivity contribution in [3.63, 3.8) is 0 Å². The molecule has 188 valence electrons. The Kier molecular flexibility index (Phi) is 9.69. The van der Waals surface area contributed by atoms with Crippen LogP contribution in [0.25, 0.3) is 0 Å². The maximum Gasteiger partial charge on any atom is 0.513 e. The lowest BCUT2D eigenvalue weighted by molar-refractivity contribution is -0.123. The molecule has 9 heteroatoms. The molecule has 2 N–H and O–H groups in total. The number of amides is 2. The summed E-state index contributed by atoms with van der Waals surface area (Å²) in [5.41, 5.74) is 1.86. The molecule has 0 aliphatic carbocycles. The first-order valence-electron chi connectivity index (χ1n) is 11.4. The van der Waals surface area contributed by atoms with Gasteiger partial charge < -0.3 is 29.6 Å². The first-order valence-corrected chi connectivity index (χ1v) is 11.4. The number of hydrogen-bond acceptors (Lipinski definition) is 7. The van der Waals surface area contributed by atoms with Crippen LogP contribution in [-0.4, -0.2) is 37.8 Å². The molecule has 3 aromatic carbocycles. The van der Waals surface area contributed by atoms with Crippen LogP contribution in [0, 0.1) is 0 Å². The van der Waals surface area contributed by atoms with Crippen LogP contribution < -0.4 is 24.8 Å². The second-order valence-corrected chi connectivity index (χ2v) is 7.43. The number of rotatable bonds is 11. The monoisotopic (exact) mass is 492 g/mol. The molecule has 0 heterocycles. The van der Waals surface area contributed by atoms with Gasteiger partial charge in [0.25, 0.3) is 11.8 Å². The highest BCUT2D eigenvalue weighted by Gasteiger charge is 2.09. The van der Waals surface area contributed by atoms with Gasteiger partial charge in [0.1, 0.15) is 17.2 Å². The normalized spacial score (nSPS) is 10.2. The molecule has 0 unspecified atom stereocenters. The van der Waals surface area contributed by atoms with Crippen LogP contribution in [0.5, 0.6) is 17.2 Å². The molecule has 0 fully saturated rings. The second kappa shape index (κ2) is 13.4. The largest absolute Gasteiger partial charge is 0.513 e. The van der Waals surface area contributed by atoms with E-state index in [2.05, 4.69) is 10.6 Å². The lowest BCUT2D eigenvalue weighted by atomic mass is 10.1. The van der Waals surface area contributed by atoms with E-state index in [1.54, 1.807) is 67.6 Å². The number of benzene rings is 3. The van der Waals surface area contributed by atoms with E-state index in [0.717, 1.165) is 11.3 Å². The molecule has 2 amide bonds. The molecule has 9 nitrogen and oxygen atoms in total. The van der Waals surface area contributed by atoms with Crippen LogP contribution in [0.15, 0.2) is 72.8 Å². The SMILES string of the molecule is CCOC(=O)Oc1ccc(C(=O)Nc2ccc(CNC(=O)COc3ccc(OCC)cc3)cc2)cc1. The molecule has 0 bridgehead atoms. The van der Waals surface area contributed by atoms with Crippen molar-refractivity contribution >= 4 is 23.7 Å². The first-order chi connectivity index (χ1) is 17.5. The Morgan fingerprint density at radius 2 is 1.33 bits per heavy atom. The van der Waals surface area contributed by atoms with Gasteiger partial charge in [-0.2, -0.15) is 0 Å². The van der Waals surface area contributed by atoms with Crippen LogP contribution in [-0.2, 0) is 16.1 Å². The number of nitrogens with one attached hydrogen (secondary N) is 2. The number of ether oxygens (including phenoxy) is 4. The van der Waals surface area contributed by atoms with E-state index >= 15 is 0 Å². The third kappa shape index (κ3) is 8.35. The van der Waals surface area contributed by atoms with Crippen molar-refractivity contribution in [3.05, 3.63) is 83.9 Å². The van der Waals surface area contributed by atoms with Crippen LogP contribution >= 0.6 is 0 Å². The zero-order chi connectivity index (χ0) is 25.8. The molecular formula is C27H28N2O7. The minimum atomic E-state index is -0.800. The van der Waals surface area contributed by atoms with Gasteiger partial charge in [-0.25, -0.2) is 4.79 Å². The van der Waals surface area contributed by atoms with Gasteiger partial charge in [-0.05, 0) is 80.1 Å². The molecule has 36 heavy (non-hydrogen) atoms. The molecule has 0 aliphatic heterocycles. The highest BCUT2D eigenvalue weighted by atomic mass is 16.7. The number of carbonyl (C=O) groups is 3. The van der Waals surface area contributed by atoms with E-state index in [4.69, 9.17) is 18.9 Å². The Bertz CT molecular complexity index is 1140. The Morgan fingerprint density at radius 1 is 0.722 bits per heavy atom. The summed E-state index contributed by atoms with van der Waals surface area (Å²) in [6.07, 6.45) is -0.800. The highest BCUT2D eigenvalue weighted by molar-refractivity contribution is 6.04. The fourth-order valence-corrected chi connectivity index (χ4v) is 3.03.